The van der Waals surface area contributed by atoms with Gasteiger partial charge < -0.3 is 15.4 Å². The van der Waals surface area contributed by atoms with Crippen LogP contribution in [0.25, 0.3) is 0 Å². The summed E-state index contributed by atoms with van der Waals surface area (Å²) in [4.78, 5) is 25.3. The van der Waals surface area contributed by atoms with Gasteiger partial charge in [-0.15, -0.1) is 0 Å². The zero-order valence-corrected chi connectivity index (χ0v) is 19.4. The third-order valence-corrected chi connectivity index (χ3v) is 6.38. The van der Waals surface area contributed by atoms with Gasteiger partial charge in [-0.05, 0) is 43.2 Å². The van der Waals surface area contributed by atoms with Gasteiger partial charge in [-0.25, -0.2) is 8.42 Å². The van der Waals surface area contributed by atoms with E-state index in [1.807, 2.05) is 0 Å². The molecule has 0 aromatic heterocycles. The highest BCUT2D eigenvalue weighted by Crippen LogP contribution is 2.22. The summed E-state index contributed by atoms with van der Waals surface area (Å²) in [6.45, 7) is 0.662. The summed E-state index contributed by atoms with van der Waals surface area (Å²) in [5.74, 6) is -0.900. The van der Waals surface area contributed by atoms with E-state index < -0.39 is 22.5 Å². The highest BCUT2D eigenvalue weighted by Gasteiger charge is 2.23. The van der Waals surface area contributed by atoms with E-state index in [1.165, 1.54) is 0 Å². The maximum absolute atomic E-state index is 12.7. The molecule has 0 spiro atoms. The van der Waals surface area contributed by atoms with Crippen LogP contribution in [-0.4, -0.2) is 52.3 Å². The molecule has 0 aliphatic carbocycles. The molecular weight excluding hydrogens is 486 g/mol. The van der Waals surface area contributed by atoms with Crippen molar-refractivity contribution in [3.8, 4) is 0 Å². The molecule has 1 fully saturated rings. The lowest BCUT2D eigenvalue weighted by Gasteiger charge is -2.22. The van der Waals surface area contributed by atoms with Crippen LogP contribution < -0.4 is 14.9 Å². The molecule has 1 aliphatic heterocycles. The van der Waals surface area contributed by atoms with Gasteiger partial charge in [0, 0.05) is 17.6 Å². The largest absolute Gasteiger partial charge is 0.376 e. The fourth-order valence-electron chi connectivity index (χ4n) is 3.25. The van der Waals surface area contributed by atoms with E-state index in [1.54, 1.807) is 48.5 Å². The lowest BCUT2D eigenvalue weighted by molar-refractivity contribution is -0.114. The Hall–Kier alpha value is -2.43. The lowest BCUT2D eigenvalue weighted by Crippen LogP contribution is -2.38. The molecule has 1 heterocycles. The van der Waals surface area contributed by atoms with Crippen molar-refractivity contribution in [2.45, 2.75) is 18.9 Å². The molecule has 1 atom stereocenters. The molecule has 1 aliphatic rings. The first-order valence-electron chi connectivity index (χ1n) is 9.76. The second-order valence-electron chi connectivity index (χ2n) is 7.19. The fraction of sp³-hybridized carbons (Fsp3) is 0.333. The van der Waals surface area contributed by atoms with Crippen molar-refractivity contribution in [1.82, 2.24) is 5.32 Å². The molecule has 8 nitrogen and oxygen atoms in total. The molecule has 2 aromatic carbocycles. The second-order valence-corrected chi connectivity index (χ2v) is 10.0. The number of anilines is 2. The molecule has 3 rings (SSSR count). The van der Waals surface area contributed by atoms with E-state index in [2.05, 4.69) is 26.6 Å². The normalized spacial score (nSPS) is 16.0. The van der Waals surface area contributed by atoms with Gasteiger partial charge in [0.25, 0.3) is 5.91 Å². The van der Waals surface area contributed by atoms with Gasteiger partial charge in [-0.1, -0.05) is 34.1 Å². The van der Waals surface area contributed by atoms with Crippen LogP contribution in [0.2, 0.25) is 0 Å². The molecule has 10 heteroatoms. The number of amides is 2. The number of halogens is 1. The van der Waals surface area contributed by atoms with Gasteiger partial charge in [0.15, 0.2) is 0 Å². The van der Waals surface area contributed by atoms with E-state index in [-0.39, 0.29) is 12.0 Å². The van der Waals surface area contributed by atoms with Crippen LogP contribution in [0.15, 0.2) is 53.0 Å². The summed E-state index contributed by atoms with van der Waals surface area (Å²) in [6, 6.07) is 13.2. The van der Waals surface area contributed by atoms with Gasteiger partial charge in [-0.3, -0.25) is 13.9 Å². The minimum atomic E-state index is -3.71. The first-order chi connectivity index (χ1) is 14.7. The van der Waals surface area contributed by atoms with E-state index in [4.69, 9.17) is 4.74 Å². The zero-order valence-electron chi connectivity index (χ0n) is 17.0. The Labute approximate surface area is 190 Å². The summed E-state index contributed by atoms with van der Waals surface area (Å²) in [7, 11) is -3.71. The van der Waals surface area contributed by atoms with E-state index in [0.29, 0.717) is 34.6 Å². The third kappa shape index (κ3) is 6.52. The van der Waals surface area contributed by atoms with Crippen LogP contribution in [0, 0.1) is 0 Å². The number of sulfonamides is 1. The van der Waals surface area contributed by atoms with Crippen molar-refractivity contribution in [2.24, 2.45) is 0 Å². The second kappa shape index (κ2) is 10.3. The SMILES string of the molecule is CS(=O)(=O)N(CC(=O)Nc1ccccc1C(=O)NC[C@H]1CCCO1)c1cccc(Br)c1. The minimum absolute atomic E-state index is 0.000723. The van der Waals surface area contributed by atoms with Crippen LogP contribution in [0.4, 0.5) is 11.4 Å². The van der Waals surface area contributed by atoms with Crippen molar-refractivity contribution >= 4 is 49.1 Å². The molecule has 0 radical (unpaired) electrons. The number of nitrogens with one attached hydrogen (secondary N) is 2. The summed E-state index contributed by atoms with van der Waals surface area (Å²) >= 11 is 3.31. The van der Waals surface area contributed by atoms with E-state index in [9.17, 15) is 18.0 Å². The molecule has 0 saturated carbocycles. The van der Waals surface area contributed by atoms with Crippen molar-refractivity contribution in [2.75, 3.05) is 35.6 Å². The fourth-order valence-corrected chi connectivity index (χ4v) is 4.48. The summed E-state index contributed by atoms with van der Waals surface area (Å²) in [5.41, 5.74) is 0.955. The standard InChI is InChI=1S/C21H24BrN3O5S/c1-31(28,29)25(16-7-4-6-15(22)12-16)14-20(26)24-19-10-3-2-9-18(19)21(27)23-13-17-8-5-11-30-17/h2-4,6-7,9-10,12,17H,5,8,11,13-14H2,1H3,(H,23,27)(H,24,26)/t17-/m1/s1. The Balaban J connectivity index is 1.71. The number of hydrogen-bond donors (Lipinski definition) is 2. The Morgan fingerprint density at radius 3 is 2.65 bits per heavy atom. The number of ether oxygens (including phenoxy) is 1. The lowest BCUT2D eigenvalue weighted by atomic mass is 10.1. The number of nitrogens with zero attached hydrogens (tertiary/aromatic N) is 1. The summed E-state index contributed by atoms with van der Waals surface area (Å²) in [5, 5.41) is 5.48. The molecular formula is C21H24BrN3O5S. The summed E-state index contributed by atoms with van der Waals surface area (Å²) in [6.07, 6.45) is 2.91. The molecule has 2 N–H and O–H groups in total. The predicted molar refractivity (Wildman–Crippen MR) is 123 cm³/mol. The highest BCUT2D eigenvalue weighted by molar-refractivity contribution is 9.10. The van der Waals surface area contributed by atoms with E-state index >= 15 is 0 Å². The molecule has 166 valence electrons. The zero-order chi connectivity index (χ0) is 22.4. The third-order valence-electron chi connectivity index (χ3n) is 4.74. The Kier molecular flexibility index (Phi) is 7.69. The first-order valence-corrected chi connectivity index (χ1v) is 12.4. The molecule has 2 aromatic rings. The van der Waals surface area contributed by atoms with E-state index in [0.717, 1.165) is 23.4 Å². The number of benzene rings is 2. The Morgan fingerprint density at radius 2 is 1.97 bits per heavy atom. The van der Waals surface area contributed by atoms with Crippen LogP contribution in [-0.2, 0) is 19.6 Å². The van der Waals surface area contributed by atoms with Gasteiger partial charge in [0.1, 0.15) is 6.54 Å². The van der Waals surface area contributed by atoms with Gasteiger partial charge >= 0.3 is 0 Å². The smallest absolute Gasteiger partial charge is 0.253 e. The quantitative estimate of drug-likeness (QED) is 0.569. The maximum Gasteiger partial charge on any atom is 0.253 e. The molecule has 0 unspecified atom stereocenters. The van der Waals surface area contributed by atoms with Crippen LogP contribution >= 0.6 is 15.9 Å². The molecule has 0 bridgehead atoms. The van der Waals surface area contributed by atoms with Gasteiger partial charge in [0.05, 0.1) is 29.3 Å². The van der Waals surface area contributed by atoms with Crippen molar-refractivity contribution in [3.05, 3.63) is 58.6 Å². The van der Waals surface area contributed by atoms with Gasteiger partial charge in [-0.2, -0.15) is 0 Å². The number of hydrogen-bond acceptors (Lipinski definition) is 5. The van der Waals surface area contributed by atoms with Crippen LogP contribution in [0.1, 0.15) is 23.2 Å². The number of carbonyl (C=O) groups is 2. The molecule has 1 saturated heterocycles. The van der Waals surface area contributed by atoms with Crippen molar-refractivity contribution in [1.29, 1.82) is 0 Å². The Morgan fingerprint density at radius 1 is 1.19 bits per heavy atom. The van der Waals surface area contributed by atoms with Crippen LogP contribution in [0.5, 0.6) is 0 Å². The minimum Gasteiger partial charge on any atom is -0.376 e. The molecule has 2 amide bonds. The Bertz CT molecular complexity index is 1050. The number of rotatable bonds is 8. The monoisotopic (exact) mass is 509 g/mol. The maximum atomic E-state index is 12.7. The first kappa shape index (κ1) is 23.2. The number of carbonyl (C=O) groups excluding carboxylic acids is 2. The topological polar surface area (TPSA) is 105 Å². The van der Waals surface area contributed by atoms with Crippen molar-refractivity contribution in [3.63, 3.8) is 0 Å². The summed E-state index contributed by atoms with van der Waals surface area (Å²) < 4.78 is 31.7. The van der Waals surface area contributed by atoms with Crippen molar-refractivity contribution < 1.29 is 22.7 Å². The highest BCUT2D eigenvalue weighted by atomic mass is 79.9. The number of para-hydroxylation sites is 1. The molecule has 31 heavy (non-hydrogen) atoms. The average Bonchev–Trinajstić information content (AvgIpc) is 3.23. The van der Waals surface area contributed by atoms with Gasteiger partial charge in [0.2, 0.25) is 15.9 Å². The van der Waals surface area contributed by atoms with Crippen LogP contribution in [0.3, 0.4) is 0 Å². The average molecular weight is 510 g/mol. The predicted octanol–water partition coefficient (Wildman–Crippen LogP) is 2.76.